The molecule has 7 nitrogen and oxygen atoms in total. The molecule has 0 aromatic heterocycles. The number of ether oxygens (including phenoxy) is 5. The molecule has 3 heterocycles. The van der Waals surface area contributed by atoms with Gasteiger partial charge in [0, 0.05) is 5.92 Å². The molecular formula is C17H16O7. The van der Waals surface area contributed by atoms with Crippen LogP contribution in [0.2, 0.25) is 0 Å². The molecule has 1 fully saturated rings. The highest BCUT2D eigenvalue weighted by atomic mass is 16.7. The molecule has 1 aromatic carbocycles. The lowest BCUT2D eigenvalue weighted by Gasteiger charge is -2.37. The van der Waals surface area contributed by atoms with Crippen molar-refractivity contribution in [2.24, 2.45) is 5.92 Å². The van der Waals surface area contributed by atoms with Crippen molar-refractivity contribution in [3.05, 3.63) is 29.3 Å². The van der Waals surface area contributed by atoms with E-state index in [1.54, 1.807) is 6.07 Å². The first-order valence-corrected chi connectivity index (χ1v) is 7.61. The summed E-state index contributed by atoms with van der Waals surface area (Å²) in [6.45, 7) is 0.0500. The highest BCUT2D eigenvalue weighted by Crippen LogP contribution is 2.50. The Balaban J connectivity index is 1.90. The van der Waals surface area contributed by atoms with E-state index in [0.717, 1.165) is 0 Å². The van der Waals surface area contributed by atoms with Gasteiger partial charge in [0.2, 0.25) is 12.5 Å². The summed E-state index contributed by atoms with van der Waals surface area (Å²) in [6.07, 6.45) is 4.03. The summed E-state index contributed by atoms with van der Waals surface area (Å²) in [5.74, 6) is -0.341. The van der Waals surface area contributed by atoms with Crippen molar-refractivity contribution < 1.29 is 33.3 Å². The number of rotatable bonds is 3. The molecule has 1 aromatic rings. The lowest BCUT2D eigenvalue weighted by atomic mass is 9.74. The van der Waals surface area contributed by atoms with Crippen molar-refractivity contribution in [2.75, 3.05) is 21.0 Å². The Labute approximate surface area is 138 Å². The van der Waals surface area contributed by atoms with Crippen molar-refractivity contribution in [3.63, 3.8) is 0 Å². The summed E-state index contributed by atoms with van der Waals surface area (Å²) in [7, 11) is 2.76. The van der Waals surface area contributed by atoms with Crippen molar-refractivity contribution >= 4 is 11.9 Å². The fraction of sp³-hybridized carbons (Fsp3) is 0.412. The molecule has 3 atom stereocenters. The summed E-state index contributed by atoms with van der Waals surface area (Å²) < 4.78 is 26.5. The zero-order valence-corrected chi connectivity index (χ0v) is 13.2. The predicted molar refractivity (Wildman–Crippen MR) is 80.3 cm³/mol. The van der Waals surface area contributed by atoms with Gasteiger partial charge in [-0.2, -0.15) is 0 Å². The largest absolute Gasteiger partial charge is 0.492 e. The predicted octanol–water partition coefficient (Wildman–Crippen LogP) is 1.80. The minimum Gasteiger partial charge on any atom is -0.492 e. The maximum absolute atomic E-state index is 12.4. The molecule has 7 heteroatoms. The summed E-state index contributed by atoms with van der Waals surface area (Å²) in [5.41, 5.74) is 0.918. The van der Waals surface area contributed by atoms with E-state index < -0.39 is 11.9 Å². The molecule has 4 aliphatic rings. The van der Waals surface area contributed by atoms with Gasteiger partial charge in [0.05, 0.1) is 20.1 Å². The second-order valence-corrected chi connectivity index (χ2v) is 5.83. The van der Waals surface area contributed by atoms with Crippen LogP contribution in [0.25, 0.3) is 0 Å². The number of hydrogen-bond donors (Lipinski definition) is 0. The highest BCUT2D eigenvalue weighted by Gasteiger charge is 2.44. The molecule has 1 saturated heterocycles. The van der Waals surface area contributed by atoms with Crippen LogP contribution < -0.4 is 14.2 Å². The van der Waals surface area contributed by atoms with Crippen LogP contribution in [-0.4, -0.2) is 39.1 Å². The van der Waals surface area contributed by atoms with Crippen LogP contribution in [0.15, 0.2) is 18.2 Å². The zero-order chi connectivity index (χ0) is 16.8. The van der Waals surface area contributed by atoms with E-state index in [2.05, 4.69) is 0 Å². The number of fused-ring (bicyclic) bond motifs is 3. The van der Waals surface area contributed by atoms with Gasteiger partial charge < -0.3 is 23.7 Å². The minimum absolute atomic E-state index is 0.0500. The van der Waals surface area contributed by atoms with Gasteiger partial charge in [-0.25, -0.2) is 4.79 Å². The van der Waals surface area contributed by atoms with Gasteiger partial charge in [0.1, 0.15) is 11.7 Å². The van der Waals surface area contributed by atoms with E-state index >= 15 is 0 Å². The van der Waals surface area contributed by atoms with Gasteiger partial charge in [-0.3, -0.25) is 4.79 Å². The molecule has 0 saturated carbocycles. The molecule has 0 N–H and O–H groups in total. The number of esters is 2. The van der Waals surface area contributed by atoms with Crippen LogP contribution >= 0.6 is 0 Å². The Morgan fingerprint density at radius 3 is 2.75 bits per heavy atom. The minimum atomic E-state index is -0.543. The first-order valence-electron chi connectivity index (χ1n) is 7.61. The molecule has 0 amide bonds. The molecule has 0 radical (unpaired) electrons. The summed E-state index contributed by atoms with van der Waals surface area (Å²) in [4.78, 5) is 24.5. The fourth-order valence-electron chi connectivity index (χ4n) is 3.56. The van der Waals surface area contributed by atoms with Gasteiger partial charge in [0.15, 0.2) is 11.5 Å². The highest BCUT2D eigenvalue weighted by molar-refractivity contribution is 5.97. The van der Waals surface area contributed by atoms with E-state index in [9.17, 15) is 9.59 Å². The summed E-state index contributed by atoms with van der Waals surface area (Å²) >= 11 is 0. The third-order valence-corrected chi connectivity index (χ3v) is 4.64. The summed E-state index contributed by atoms with van der Waals surface area (Å²) in [5, 5.41) is 0. The van der Waals surface area contributed by atoms with E-state index in [1.807, 2.05) is 12.2 Å². The zero-order valence-electron chi connectivity index (χ0n) is 13.2. The first kappa shape index (κ1) is 14.9. The van der Waals surface area contributed by atoms with Crippen LogP contribution in [0.4, 0.5) is 0 Å². The normalized spacial score (nSPS) is 26.2. The molecule has 3 unspecified atom stereocenters. The van der Waals surface area contributed by atoms with Gasteiger partial charge in [0.25, 0.3) is 0 Å². The lowest BCUT2D eigenvalue weighted by molar-refractivity contribution is -0.158. The molecular weight excluding hydrogens is 316 g/mol. The average Bonchev–Trinajstić information content (AvgIpc) is 3.07. The summed E-state index contributed by atoms with van der Waals surface area (Å²) in [6, 6.07) is 1.74. The second-order valence-electron chi connectivity index (χ2n) is 5.83. The maximum atomic E-state index is 12.4. The Kier molecular flexibility index (Phi) is 3.37. The van der Waals surface area contributed by atoms with Crippen LogP contribution in [-0.2, 0) is 14.3 Å². The number of carbonyl (C=O) groups is 2. The van der Waals surface area contributed by atoms with E-state index in [4.69, 9.17) is 23.7 Å². The quantitative estimate of drug-likeness (QED) is 0.616. The third kappa shape index (κ3) is 2.04. The molecule has 24 heavy (non-hydrogen) atoms. The van der Waals surface area contributed by atoms with Crippen molar-refractivity contribution in [3.8, 4) is 17.2 Å². The molecule has 3 aliphatic heterocycles. The van der Waals surface area contributed by atoms with Gasteiger partial charge in [-0.15, -0.1) is 0 Å². The standard InChI is InChI=1S/C17H16O7/c1-20-15-13(17(19)21-2)11(6-12-14(15)23-7-22-12)10-5-8-3-4-9(10)16(18)24-8/h3-4,6,8-10H,5,7H2,1-2H3. The second kappa shape index (κ2) is 5.43. The van der Waals surface area contributed by atoms with Crippen molar-refractivity contribution in [1.29, 1.82) is 0 Å². The molecule has 5 rings (SSSR count). The third-order valence-electron chi connectivity index (χ3n) is 4.64. The Morgan fingerprint density at radius 2 is 2.08 bits per heavy atom. The van der Waals surface area contributed by atoms with E-state index in [0.29, 0.717) is 23.5 Å². The number of carbonyl (C=O) groups excluding carboxylic acids is 2. The van der Waals surface area contributed by atoms with Crippen molar-refractivity contribution in [2.45, 2.75) is 18.4 Å². The topological polar surface area (TPSA) is 80.3 Å². The molecule has 0 spiro atoms. The van der Waals surface area contributed by atoms with Crippen LogP contribution in [0, 0.1) is 5.92 Å². The smallest absolute Gasteiger partial charge is 0.342 e. The van der Waals surface area contributed by atoms with Gasteiger partial charge in [-0.1, -0.05) is 6.08 Å². The van der Waals surface area contributed by atoms with Crippen LogP contribution in [0.1, 0.15) is 28.3 Å². The van der Waals surface area contributed by atoms with E-state index in [-0.39, 0.29) is 36.1 Å². The van der Waals surface area contributed by atoms with E-state index in [1.165, 1.54) is 14.2 Å². The number of methoxy groups -OCH3 is 2. The Morgan fingerprint density at radius 1 is 1.25 bits per heavy atom. The fourth-order valence-corrected chi connectivity index (χ4v) is 3.56. The molecule has 2 bridgehead atoms. The molecule has 126 valence electrons. The lowest BCUT2D eigenvalue weighted by Crippen LogP contribution is -2.39. The van der Waals surface area contributed by atoms with Gasteiger partial charge >= 0.3 is 11.9 Å². The van der Waals surface area contributed by atoms with Gasteiger partial charge in [-0.05, 0) is 24.1 Å². The van der Waals surface area contributed by atoms with Crippen molar-refractivity contribution in [1.82, 2.24) is 0 Å². The monoisotopic (exact) mass is 332 g/mol. The van der Waals surface area contributed by atoms with Crippen LogP contribution in [0.5, 0.6) is 17.2 Å². The molecule has 1 aliphatic carbocycles. The Hall–Kier alpha value is -2.70. The SMILES string of the molecule is COC(=O)c1c(C2CC3C=CC2C(=O)O3)cc2c(c1OC)OCO2. The number of hydrogen-bond acceptors (Lipinski definition) is 7. The average molecular weight is 332 g/mol. The number of benzene rings is 1. The van der Waals surface area contributed by atoms with Crippen LogP contribution in [0.3, 0.4) is 0 Å². The Bertz CT molecular complexity index is 752. The maximum Gasteiger partial charge on any atom is 0.342 e. The first-order chi connectivity index (χ1) is 11.6.